The Hall–Kier alpha value is -0.840. The number of nitrogens with zero attached hydrogens (tertiary/aromatic N) is 1. The van der Waals surface area contributed by atoms with Crippen LogP contribution in [0, 0.1) is 0 Å². The Morgan fingerprint density at radius 3 is 2.89 bits per heavy atom. The van der Waals surface area contributed by atoms with Gasteiger partial charge < -0.3 is 5.32 Å². The molecule has 2 aromatic rings. The zero-order valence-electron chi connectivity index (χ0n) is 10.6. The van der Waals surface area contributed by atoms with Gasteiger partial charge in [-0.2, -0.15) is 0 Å². The van der Waals surface area contributed by atoms with Crippen LogP contribution in [0.1, 0.15) is 17.2 Å². The first-order valence-electron chi connectivity index (χ1n) is 6.32. The second kappa shape index (κ2) is 5.65. The highest BCUT2D eigenvalue weighted by atomic mass is 79.9. The van der Waals surface area contributed by atoms with Gasteiger partial charge in [-0.15, -0.1) is 0 Å². The quantitative estimate of drug-likeness (QED) is 0.923. The van der Waals surface area contributed by atoms with Gasteiger partial charge in [0.15, 0.2) is 0 Å². The zero-order chi connectivity index (χ0) is 13.2. The van der Waals surface area contributed by atoms with E-state index in [1.54, 1.807) is 0 Å². The first-order chi connectivity index (χ1) is 9.29. The summed E-state index contributed by atoms with van der Waals surface area (Å²) in [6, 6.07) is 13.1. The molecule has 0 aliphatic heterocycles. The fourth-order valence-corrected chi connectivity index (χ4v) is 4.42. The van der Waals surface area contributed by atoms with E-state index in [1.165, 1.54) is 11.1 Å². The van der Waals surface area contributed by atoms with Gasteiger partial charge in [0.1, 0.15) is 5.03 Å². The van der Waals surface area contributed by atoms with E-state index in [9.17, 15) is 0 Å². The van der Waals surface area contributed by atoms with Crippen molar-refractivity contribution in [2.45, 2.75) is 22.7 Å². The largest absolute Gasteiger partial charge is 0.312 e. The number of halogens is 1. The predicted octanol–water partition coefficient (Wildman–Crippen LogP) is 3.82. The smallest absolute Gasteiger partial charge is 0.111 e. The van der Waals surface area contributed by atoms with Crippen LogP contribution in [0.15, 0.2) is 52.1 Å². The second-order valence-electron chi connectivity index (χ2n) is 4.62. The Labute approximate surface area is 126 Å². The summed E-state index contributed by atoms with van der Waals surface area (Å²) in [5.74, 6) is 0. The van der Waals surface area contributed by atoms with Crippen LogP contribution in [-0.2, 0) is 6.42 Å². The summed E-state index contributed by atoms with van der Waals surface area (Å²) in [4.78, 5) is 4.46. The lowest BCUT2D eigenvalue weighted by Crippen LogP contribution is -2.23. The van der Waals surface area contributed by atoms with Crippen molar-refractivity contribution in [1.82, 2.24) is 10.3 Å². The van der Waals surface area contributed by atoms with Crippen molar-refractivity contribution in [2.75, 3.05) is 7.05 Å². The average molecular weight is 335 g/mol. The summed E-state index contributed by atoms with van der Waals surface area (Å²) < 4.78 is 1.07. The van der Waals surface area contributed by atoms with Gasteiger partial charge in [0.25, 0.3) is 0 Å². The molecule has 0 radical (unpaired) electrons. The summed E-state index contributed by atoms with van der Waals surface area (Å²) in [6.07, 6.45) is 2.94. The Bertz CT molecular complexity index is 588. The molecule has 0 spiro atoms. The Kier molecular flexibility index (Phi) is 3.91. The normalized spacial score (nSPS) is 21.4. The van der Waals surface area contributed by atoms with Gasteiger partial charge in [0.2, 0.25) is 0 Å². The first kappa shape index (κ1) is 13.2. The van der Waals surface area contributed by atoms with Crippen molar-refractivity contribution in [3.63, 3.8) is 0 Å². The molecule has 0 saturated heterocycles. The molecule has 19 heavy (non-hydrogen) atoms. The highest BCUT2D eigenvalue weighted by Gasteiger charge is 2.32. The SMILES string of the molecule is CNC1c2ccccc2CC1Sc1ncccc1Br. The molecule has 0 bridgehead atoms. The third-order valence-electron chi connectivity index (χ3n) is 3.48. The summed E-state index contributed by atoms with van der Waals surface area (Å²) in [7, 11) is 2.04. The number of thioether (sulfide) groups is 1. The van der Waals surface area contributed by atoms with E-state index in [2.05, 4.69) is 50.5 Å². The lowest BCUT2D eigenvalue weighted by atomic mass is 10.1. The highest BCUT2D eigenvalue weighted by Crippen LogP contribution is 2.42. The molecule has 0 fully saturated rings. The Morgan fingerprint density at radius 1 is 1.26 bits per heavy atom. The maximum absolute atomic E-state index is 4.46. The number of fused-ring (bicyclic) bond motifs is 1. The van der Waals surface area contributed by atoms with Crippen LogP contribution >= 0.6 is 27.7 Å². The third kappa shape index (κ3) is 2.57. The molecular weight excluding hydrogens is 320 g/mol. The van der Waals surface area contributed by atoms with E-state index in [-0.39, 0.29) is 0 Å². The summed E-state index contributed by atoms with van der Waals surface area (Å²) >= 11 is 5.42. The molecule has 2 atom stereocenters. The van der Waals surface area contributed by atoms with Gasteiger partial charge >= 0.3 is 0 Å². The summed E-state index contributed by atoms with van der Waals surface area (Å²) in [5, 5.41) is 5.01. The average Bonchev–Trinajstić information content (AvgIpc) is 2.78. The van der Waals surface area contributed by atoms with E-state index in [4.69, 9.17) is 0 Å². The van der Waals surface area contributed by atoms with Crippen LogP contribution in [0.4, 0.5) is 0 Å². The molecule has 0 amide bonds. The highest BCUT2D eigenvalue weighted by molar-refractivity contribution is 9.10. The summed E-state index contributed by atoms with van der Waals surface area (Å²) in [6.45, 7) is 0. The standard InChI is InChI=1S/C15H15BrN2S/c1-17-14-11-6-3-2-5-10(11)9-13(14)19-15-12(16)7-4-8-18-15/h2-8,13-14,17H,9H2,1H3. The molecule has 1 aromatic carbocycles. The lowest BCUT2D eigenvalue weighted by molar-refractivity contribution is 0.603. The van der Waals surface area contributed by atoms with Crippen LogP contribution in [-0.4, -0.2) is 17.3 Å². The number of nitrogens with one attached hydrogen (secondary N) is 1. The van der Waals surface area contributed by atoms with Gasteiger partial charge in [0, 0.05) is 22.0 Å². The maximum atomic E-state index is 4.46. The van der Waals surface area contributed by atoms with Crippen molar-refractivity contribution in [1.29, 1.82) is 0 Å². The molecule has 98 valence electrons. The van der Waals surface area contributed by atoms with Crippen molar-refractivity contribution in [2.24, 2.45) is 0 Å². The monoisotopic (exact) mass is 334 g/mol. The first-order valence-corrected chi connectivity index (χ1v) is 7.99. The van der Waals surface area contributed by atoms with E-state index in [0.717, 1.165) is 15.9 Å². The Balaban J connectivity index is 1.86. The minimum Gasteiger partial charge on any atom is -0.312 e. The van der Waals surface area contributed by atoms with Crippen molar-refractivity contribution >= 4 is 27.7 Å². The van der Waals surface area contributed by atoms with Crippen LogP contribution in [0.25, 0.3) is 0 Å². The van der Waals surface area contributed by atoms with E-state index < -0.39 is 0 Å². The van der Waals surface area contributed by atoms with Crippen molar-refractivity contribution in [3.05, 3.63) is 58.2 Å². The van der Waals surface area contributed by atoms with Crippen LogP contribution in [0.5, 0.6) is 0 Å². The molecule has 2 nitrogen and oxygen atoms in total. The van der Waals surface area contributed by atoms with E-state index >= 15 is 0 Å². The van der Waals surface area contributed by atoms with Crippen LogP contribution in [0.3, 0.4) is 0 Å². The predicted molar refractivity (Wildman–Crippen MR) is 83.5 cm³/mol. The fraction of sp³-hybridized carbons (Fsp3) is 0.267. The molecule has 2 unspecified atom stereocenters. The molecule has 1 heterocycles. The number of hydrogen-bond donors (Lipinski definition) is 1. The third-order valence-corrected chi connectivity index (χ3v) is 5.67. The minimum atomic E-state index is 0.398. The number of aromatic nitrogens is 1. The topological polar surface area (TPSA) is 24.9 Å². The number of benzene rings is 1. The van der Waals surface area contributed by atoms with Crippen LogP contribution < -0.4 is 5.32 Å². The summed E-state index contributed by atoms with van der Waals surface area (Å²) in [5.41, 5.74) is 2.88. The van der Waals surface area contributed by atoms with Gasteiger partial charge in [-0.05, 0) is 52.7 Å². The van der Waals surface area contributed by atoms with Crippen molar-refractivity contribution in [3.8, 4) is 0 Å². The van der Waals surface area contributed by atoms with Gasteiger partial charge in [-0.25, -0.2) is 4.98 Å². The second-order valence-corrected chi connectivity index (χ2v) is 6.70. The van der Waals surface area contributed by atoms with E-state index in [0.29, 0.717) is 11.3 Å². The van der Waals surface area contributed by atoms with Gasteiger partial charge in [-0.3, -0.25) is 0 Å². The molecule has 1 aromatic heterocycles. The minimum absolute atomic E-state index is 0.398. The van der Waals surface area contributed by atoms with Crippen molar-refractivity contribution < 1.29 is 0 Å². The molecule has 1 N–H and O–H groups in total. The van der Waals surface area contributed by atoms with Gasteiger partial charge in [-0.1, -0.05) is 36.0 Å². The molecule has 3 rings (SSSR count). The van der Waals surface area contributed by atoms with Gasteiger partial charge in [0.05, 0.1) is 0 Å². The molecule has 1 aliphatic carbocycles. The molecule has 4 heteroatoms. The molecule has 0 saturated carbocycles. The lowest BCUT2D eigenvalue weighted by Gasteiger charge is -2.19. The number of rotatable bonds is 3. The molecule has 1 aliphatic rings. The number of hydrogen-bond acceptors (Lipinski definition) is 3. The molecular formula is C15H15BrN2S. The maximum Gasteiger partial charge on any atom is 0.111 e. The zero-order valence-corrected chi connectivity index (χ0v) is 13.0. The number of pyridine rings is 1. The fourth-order valence-electron chi connectivity index (χ4n) is 2.61. The Morgan fingerprint density at radius 2 is 2.11 bits per heavy atom. The van der Waals surface area contributed by atoms with Crippen LogP contribution in [0.2, 0.25) is 0 Å². The van der Waals surface area contributed by atoms with E-state index in [1.807, 2.05) is 37.1 Å².